The van der Waals surface area contributed by atoms with E-state index in [1.54, 1.807) is 4.90 Å². The summed E-state index contributed by atoms with van der Waals surface area (Å²) in [5.74, 6) is -0.517. The molecule has 0 fully saturated rings. The first-order valence-electron chi connectivity index (χ1n) is 5.49. The molecule has 0 saturated carbocycles. The van der Waals surface area contributed by atoms with Crippen molar-refractivity contribution in [2.24, 2.45) is 0 Å². The Bertz CT molecular complexity index is 483. The molecule has 0 heterocycles. The number of hydrogen-bond donors (Lipinski definition) is 0. The summed E-state index contributed by atoms with van der Waals surface area (Å²) in [6, 6.07) is 5.40. The van der Waals surface area contributed by atoms with Crippen molar-refractivity contribution in [2.45, 2.75) is 26.4 Å². The fourth-order valence-electron chi connectivity index (χ4n) is 1.59. The van der Waals surface area contributed by atoms with E-state index in [1.165, 1.54) is 0 Å². The predicted molar refractivity (Wildman–Crippen MR) is 64.2 cm³/mol. The number of nitrogens with zero attached hydrogens (tertiary/aromatic N) is 3. The van der Waals surface area contributed by atoms with Crippen LogP contribution in [-0.4, -0.2) is 22.4 Å². The van der Waals surface area contributed by atoms with Crippen LogP contribution in [0.15, 0.2) is 18.2 Å². The molecule has 0 unspecified atom stereocenters. The lowest BCUT2D eigenvalue weighted by molar-refractivity contribution is -0.385. The number of nitriles is 1. The predicted octanol–water partition coefficient (Wildman–Crippen LogP) is 2.47. The molecular formula is C12H14FN3O2. The zero-order chi connectivity index (χ0) is 13.7. The zero-order valence-electron chi connectivity index (χ0n) is 10.3. The van der Waals surface area contributed by atoms with E-state index in [-0.39, 0.29) is 30.4 Å². The Hall–Kier alpha value is -2.00. The third kappa shape index (κ3) is 3.50. The minimum Gasteiger partial charge on any atom is -0.284 e. The molecule has 1 rings (SSSR count). The molecule has 1 aromatic rings. The van der Waals surface area contributed by atoms with E-state index in [1.807, 2.05) is 19.9 Å². The molecule has 0 bridgehead atoms. The molecule has 5 nitrogen and oxygen atoms in total. The van der Waals surface area contributed by atoms with Crippen LogP contribution in [0.25, 0.3) is 0 Å². The number of halogens is 1. The number of hydrogen-bond acceptors (Lipinski definition) is 4. The molecule has 0 amide bonds. The number of nitro benzene ring substituents is 1. The van der Waals surface area contributed by atoms with Crippen molar-refractivity contribution < 1.29 is 9.31 Å². The highest BCUT2D eigenvalue weighted by Gasteiger charge is 2.18. The zero-order valence-corrected chi connectivity index (χ0v) is 10.3. The molecule has 0 aliphatic rings. The third-order valence-electron chi connectivity index (χ3n) is 2.62. The maximum atomic E-state index is 13.1. The Morgan fingerprint density at radius 1 is 1.56 bits per heavy atom. The number of rotatable bonds is 5. The van der Waals surface area contributed by atoms with E-state index in [9.17, 15) is 14.5 Å². The van der Waals surface area contributed by atoms with Gasteiger partial charge in [-0.15, -0.1) is 0 Å². The smallest absolute Gasteiger partial charge is 0.274 e. The molecule has 0 aliphatic heterocycles. The van der Waals surface area contributed by atoms with Crippen LogP contribution in [0.3, 0.4) is 0 Å². The molecule has 6 heteroatoms. The highest BCUT2D eigenvalue weighted by atomic mass is 19.1. The minimum absolute atomic E-state index is 0.0486. The average Bonchev–Trinajstić information content (AvgIpc) is 2.28. The lowest BCUT2D eigenvalue weighted by Crippen LogP contribution is -2.30. The molecule has 0 aromatic heterocycles. The summed E-state index contributed by atoms with van der Waals surface area (Å²) in [5, 5.41) is 19.5. The van der Waals surface area contributed by atoms with Crippen LogP contribution in [0.4, 0.5) is 10.1 Å². The van der Waals surface area contributed by atoms with Crippen LogP contribution in [0.1, 0.15) is 19.4 Å². The molecule has 96 valence electrons. The van der Waals surface area contributed by atoms with E-state index in [0.29, 0.717) is 0 Å². The van der Waals surface area contributed by atoms with Crippen LogP contribution < -0.4 is 0 Å². The van der Waals surface area contributed by atoms with E-state index in [4.69, 9.17) is 5.26 Å². The SMILES string of the molecule is CC(C)N(CC#N)Cc1cc(F)ccc1[N+](=O)[O-]. The second kappa shape index (κ2) is 6.07. The molecule has 18 heavy (non-hydrogen) atoms. The number of nitro groups is 1. The molecule has 0 atom stereocenters. The van der Waals surface area contributed by atoms with Crippen LogP contribution in [0.5, 0.6) is 0 Å². The van der Waals surface area contributed by atoms with Crippen molar-refractivity contribution >= 4 is 5.69 Å². The molecule has 0 N–H and O–H groups in total. The fraction of sp³-hybridized carbons (Fsp3) is 0.417. The first-order chi connectivity index (χ1) is 8.45. The van der Waals surface area contributed by atoms with E-state index >= 15 is 0 Å². The second-order valence-corrected chi connectivity index (χ2v) is 4.19. The summed E-state index contributed by atoms with van der Waals surface area (Å²) in [7, 11) is 0. The van der Waals surface area contributed by atoms with Gasteiger partial charge in [-0.2, -0.15) is 5.26 Å². The molecule has 0 spiro atoms. The van der Waals surface area contributed by atoms with Crippen LogP contribution in [0.2, 0.25) is 0 Å². The van der Waals surface area contributed by atoms with Gasteiger partial charge in [0.25, 0.3) is 5.69 Å². The van der Waals surface area contributed by atoms with Gasteiger partial charge in [0.1, 0.15) is 5.82 Å². The van der Waals surface area contributed by atoms with Crippen LogP contribution >= 0.6 is 0 Å². The van der Waals surface area contributed by atoms with Gasteiger partial charge in [0, 0.05) is 24.2 Å². The number of benzene rings is 1. The fourth-order valence-corrected chi connectivity index (χ4v) is 1.59. The quantitative estimate of drug-likeness (QED) is 0.458. The Morgan fingerprint density at radius 3 is 2.72 bits per heavy atom. The first-order valence-corrected chi connectivity index (χ1v) is 5.49. The van der Waals surface area contributed by atoms with E-state index in [0.717, 1.165) is 18.2 Å². The monoisotopic (exact) mass is 251 g/mol. The molecule has 1 aromatic carbocycles. The Labute approximate surface area is 105 Å². The van der Waals surface area contributed by atoms with Gasteiger partial charge in [0.05, 0.1) is 17.5 Å². The van der Waals surface area contributed by atoms with Gasteiger partial charge in [-0.25, -0.2) is 4.39 Å². The van der Waals surface area contributed by atoms with Crippen molar-refractivity contribution in [1.29, 1.82) is 5.26 Å². The topological polar surface area (TPSA) is 70.2 Å². The third-order valence-corrected chi connectivity index (χ3v) is 2.62. The Morgan fingerprint density at radius 2 is 2.22 bits per heavy atom. The maximum absolute atomic E-state index is 13.1. The molecule has 0 radical (unpaired) electrons. The van der Waals surface area contributed by atoms with Crippen molar-refractivity contribution in [1.82, 2.24) is 4.90 Å². The van der Waals surface area contributed by atoms with Crippen LogP contribution in [-0.2, 0) is 6.54 Å². The summed E-state index contributed by atoms with van der Waals surface area (Å²) in [6.45, 7) is 4.08. The van der Waals surface area contributed by atoms with E-state index in [2.05, 4.69) is 0 Å². The standard InChI is InChI=1S/C12H14FN3O2/c1-9(2)15(6-5-14)8-10-7-11(13)3-4-12(10)16(17)18/h3-4,7,9H,6,8H2,1-2H3. The van der Waals surface area contributed by atoms with Crippen molar-refractivity contribution in [2.75, 3.05) is 6.54 Å². The largest absolute Gasteiger partial charge is 0.284 e. The molecule has 0 saturated heterocycles. The van der Waals surface area contributed by atoms with Crippen molar-refractivity contribution in [3.63, 3.8) is 0 Å². The minimum atomic E-state index is -0.542. The summed E-state index contributed by atoms with van der Waals surface area (Å²) >= 11 is 0. The Balaban J connectivity index is 3.04. The lowest BCUT2D eigenvalue weighted by atomic mass is 10.1. The van der Waals surface area contributed by atoms with E-state index < -0.39 is 10.7 Å². The summed E-state index contributed by atoms with van der Waals surface area (Å²) in [5.41, 5.74) is 0.156. The maximum Gasteiger partial charge on any atom is 0.274 e. The van der Waals surface area contributed by atoms with Gasteiger partial charge in [-0.3, -0.25) is 15.0 Å². The average molecular weight is 251 g/mol. The highest BCUT2D eigenvalue weighted by molar-refractivity contribution is 5.40. The van der Waals surface area contributed by atoms with Gasteiger partial charge in [0.2, 0.25) is 0 Å². The van der Waals surface area contributed by atoms with Crippen LogP contribution in [0, 0.1) is 27.3 Å². The van der Waals surface area contributed by atoms with Gasteiger partial charge in [-0.05, 0) is 26.0 Å². The summed E-state index contributed by atoms with van der Waals surface area (Å²) in [6.07, 6.45) is 0. The highest BCUT2D eigenvalue weighted by Crippen LogP contribution is 2.21. The molecule has 0 aliphatic carbocycles. The van der Waals surface area contributed by atoms with Gasteiger partial charge < -0.3 is 0 Å². The molecular weight excluding hydrogens is 237 g/mol. The Kier molecular flexibility index (Phi) is 4.75. The van der Waals surface area contributed by atoms with Gasteiger partial charge >= 0.3 is 0 Å². The van der Waals surface area contributed by atoms with Crippen molar-refractivity contribution in [3.8, 4) is 6.07 Å². The van der Waals surface area contributed by atoms with Crippen molar-refractivity contribution in [3.05, 3.63) is 39.7 Å². The van der Waals surface area contributed by atoms with Gasteiger partial charge in [0.15, 0.2) is 0 Å². The normalized spacial score (nSPS) is 10.7. The lowest BCUT2D eigenvalue weighted by Gasteiger charge is -2.23. The summed E-state index contributed by atoms with van der Waals surface area (Å²) in [4.78, 5) is 12.0. The van der Waals surface area contributed by atoms with Gasteiger partial charge in [-0.1, -0.05) is 0 Å². The second-order valence-electron chi connectivity index (χ2n) is 4.19. The first kappa shape index (κ1) is 14.1. The summed E-state index contributed by atoms with van der Waals surface area (Å²) < 4.78 is 13.1.